The molecule has 4 heteroatoms. The van der Waals surface area contributed by atoms with Crippen molar-refractivity contribution in [3.63, 3.8) is 0 Å². The predicted octanol–water partition coefficient (Wildman–Crippen LogP) is 2.32. The maximum atomic E-state index is 5.47. The average Bonchev–Trinajstić information content (AvgIpc) is 2.83. The van der Waals surface area contributed by atoms with Gasteiger partial charge < -0.3 is 9.84 Å². The Labute approximate surface area is 118 Å². The van der Waals surface area contributed by atoms with Crippen LogP contribution in [0.25, 0.3) is 0 Å². The van der Waals surface area contributed by atoms with Crippen molar-refractivity contribution in [2.45, 2.75) is 31.6 Å². The summed E-state index contributed by atoms with van der Waals surface area (Å²) in [6, 6.07) is 10.5. The van der Waals surface area contributed by atoms with Gasteiger partial charge in [0.1, 0.15) is 0 Å². The van der Waals surface area contributed by atoms with Gasteiger partial charge in [0.25, 0.3) is 0 Å². The van der Waals surface area contributed by atoms with Crippen LogP contribution in [0.5, 0.6) is 0 Å². The van der Waals surface area contributed by atoms with Crippen molar-refractivity contribution in [1.29, 1.82) is 0 Å². The molecule has 1 saturated heterocycles. The van der Waals surface area contributed by atoms with E-state index >= 15 is 0 Å². The van der Waals surface area contributed by atoms with Crippen LogP contribution in [0.15, 0.2) is 34.9 Å². The lowest BCUT2D eigenvalue weighted by Crippen LogP contribution is -2.10. The first-order valence-electron chi connectivity index (χ1n) is 7.43. The largest absolute Gasteiger partial charge is 0.339 e. The highest BCUT2D eigenvalue weighted by atomic mass is 16.5. The highest BCUT2D eigenvalue weighted by molar-refractivity contribution is 5.20. The quantitative estimate of drug-likeness (QED) is 0.925. The molecule has 1 saturated carbocycles. The molecule has 20 heavy (non-hydrogen) atoms. The maximum absolute atomic E-state index is 5.47. The van der Waals surface area contributed by atoms with Crippen molar-refractivity contribution in [2.75, 3.05) is 13.1 Å². The lowest BCUT2D eigenvalue weighted by molar-refractivity contribution is 0.359. The molecule has 1 aliphatic heterocycles. The van der Waals surface area contributed by atoms with Gasteiger partial charge in [0.2, 0.25) is 5.89 Å². The van der Waals surface area contributed by atoms with Gasteiger partial charge in [0.15, 0.2) is 5.82 Å². The zero-order valence-corrected chi connectivity index (χ0v) is 11.5. The Morgan fingerprint density at radius 1 is 1.25 bits per heavy atom. The summed E-state index contributed by atoms with van der Waals surface area (Å²) in [7, 11) is 0. The average molecular weight is 269 g/mol. The summed E-state index contributed by atoms with van der Waals surface area (Å²) >= 11 is 0. The van der Waals surface area contributed by atoms with Gasteiger partial charge in [-0.25, -0.2) is 0 Å². The fraction of sp³-hybridized carbons (Fsp3) is 0.500. The van der Waals surface area contributed by atoms with E-state index in [1.165, 1.54) is 18.4 Å². The third kappa shape index (κ3) is 2.14. The van der Waals surface area contributed by atoms with Gasteiger partial charge in [0, 0.05) is 18.9 Å². The summed E-state index contributed by atoms with van der Waals surface area (Å²) in [5.41, 5.74) is 1.75. The van der Waals surface area contributed by atoms with Crippen LogP contribution in [0.1, 0.15) is 36.0 Å². The van der Waals surface area contributed by atoms with Gasteiger partial charge in [0.05, 0.1) is 0 Å². The van der Waals surface area contributed by atoms with Gasteiger partial charge in [-0.3, -0.25) is 0 Å². The first kappa shape index (κ1) is 12.1. The van der Waals surface area contributed by atoms with Crippen LogP contribution in [0, 0.1) is 5.41 Å². The number of aromatic nitrogens is 2. The summed E-state index contributed by atoms with van der Waals surface area (Å²) in [6.45, 7) is 2.24. The lowest BCUT2D eigenvalue weighted by Gasteiger charge is -2.02. The summed E-state index contributed by atoms with van der Waals surface area (Å²) in [4.78, 5) is 4.60. The lowest BCUT2D eigenvalue weighted by atomic mass is 10.0. The Bertz CT molecular complexity index is 587. The minimum Gasteiger partial charge on any atom is -0.339 e. The SMILES string of the molecule is c1ccc(CCc2noc(C3CC34CCNC4)n2)cc1. The van der Waals surface area contributed by atoms with E-state index < -0.39 is 0 Å². The standard InChI is InChI=1S/C16H19N3O/c1-2-4-12(5-3-1)6-7-14-18-15(20-19-14)13-10-16(13)8-9-17-11-16/h1-5,13,17H,6-11H2. The summed E-state index contributed by atoms with van der Waals surface area (Å²) in [5, 5.41) is 7.58. The van der Waals surface area contributed by atoms with Crippen molar-refractivity contribution in [3.05, 3.63) is 47.6 Å². The molecule has 2 aromatic rings. The maximum Gasteiger partial charge on any atom is 0.230 e. The van der Waals surface area contributed by atoms with E-state index in [0.29, 0.717) is 11.3 Å². The van der Waals surface area contributed by atoms with Gasteiger partial charge in [-0.2, -0.15) is 4.98 Å². The molecule has 2 aliphatic rings. The molecule has 0 bridgehead atoms. The minimum atomic E-state index is 0.434. The number of hydrogen-bond acceptors (Lipinski definition) is 4. The molecule has 2 fully saturated rings. The van der Waals surface area contributed by atoms with E-state index in [2.05, 4.69) is 39.7 Å². The van der Waals surface area contributed by atoms with Crippen LogP contribution in [0.2, 0.25) is 0 Å². The number of benzene rings is 1. The van der Waals surface area contributed by atoms with Crippen molar-refractivity contribution < 1.29 is 4.52 Å². The fourth-order valence-corrected chi connectivity index (χ4v) is 3.34. The normalized spacial score (nSPS) is 28.1. The summed E-state index contributed by atoms with van der Waals surface area (Å²) in [5.74, 6) is 2.20. The molecule has 1 aromatic heterocycles. The van der Waals surface area contributed by atoms with E-state index in [1.807, 2.05) is 6.07 Å². The number of aryl methyl sites for hydroxylation is 2. The first-order valence-corrected chi connectivity index (χ1v) is 7.43. The first-order chi connectivity index (χ1) is 9.86. The van der Waals surface area contributed by atoms with Gasteiger partial charge in [-0.15, -0.1) is 0 Å². The van der Waals surface area contributed by atoms with Gasteiger partial charge in [-0.1, -0.05) is 35.5 Å². The van der Waals surface area contributed by atoms with Crippen molar-refractivity contribution in [1.82, 2.24) is 15.5 Å². The third-order valence-electron chi connectivity index (χ3n) is 4.73. The molecule has 2 unspecified atom stereocenters. The van der Waals surface area contributed by atoms with Gasteiger partial charge >= 0.3 is 0 Å². The molecule has 1 aromatic carbocycles. The fourth-order valence-electron chi connectivity index (χ4n) is 3.34. The molecule has 0 amide bonds. The van der Waals surface area contributed by atoms with Crippen LogP contribution in [0.4, 0.5) is 0 Å². The summed E-state index contributed by atoms with van der Waals surface area (Å²) < 4.78 is 5.47. The number of nitrogens with zero attached hydrogens (tertiary/aromatic N) is 2. The smallest absolute Gasteiger partial charge is 0.230 e. The second-order valence-electron chi connectivity index (χ2n) is 6.08. The molecule has 4 nitrogen and oxygen atoms in total. The molecule has 2 heterocycles. The number of rotatable bonds is 4. The predicted molar refractivity (Wildman–Crippen MR) is 75.4 cm³/mol. The molecule has 4 rings (SSSR count). The third-order valence-corrected chi connectivity index (χ3v) is 4.73. The molecular weight excluding hydrogens is 250 g/mol. The van der Waals surface area contributed by atoms with E-state index in [-0.39, 0.29) is 0 Å². The Balaban J connectivity index is 1.39. The Morgan fingerprint density at radius 3 is 2.95 bits per heavy atom. The zero-order chi connectivity index (χ0) is 13.4. The molecule has 104 valence electrons. The zero-order valence-electron chi connectivity index (χ0n) is 11.5. The Kier molecular flexibility index (Phi) is 2.84. The molecule has 1 spiro atoms. The van der Waals surface area contributed by atoms with Crippen LogP contribution in [-0.2, 0) is 12.8 Å². The van der Waals surface area contributed by atoms with Crippen LogP contribution < -0.4 is 5.32 Å². The molecule has 0 radical (unpaired) electrons. The molecule has 2 atom stereocenters. The highest BCUT2D eigenvalue weighted by Gasteiger charge is 2.58. The monoisotopic (exact) mass is 269 g/mol. The molecule has 1 aliphatic carbocycles. The number of nitrogens with one attached hydrogen (secondary N) is 1. The number of hydrogen-bond donors (Lipinski definition) is 1. The van der Waals surface area contributed by atoms with Crippen LogP contribution in [0.3, 0.4) is 0 Å². The van der Waals surface area contributed by atoms with E-state index in [1.54, 1.807) is 0 Å². The van der Waals surface area contributed by atoms with Crippen molar-refractivity contribution in [2.24, 2.45) is 5.41 Å². The van der Waals surface area contributed by atoms with Crippen molar-refractivity contribution >= 4 is 0 Å². The molecule has 1 N–H and O–H groups in total. The van der Waals surface area contributed by atoms with E-state index in [4.69, 9.17) is 4.52 Å². The van der Waals surface area contributed by atoms with E-state index in [9.17, 15) is 0 Å². The summed E-state index contributed by atoms with van der Waals surface area (Å²) in [6.07, 6.45) is 4.28. The second-order valence-corrected chi connectivity index (χ2v) is 6.08. The second kappa shape index (κ2) is 4.70. The topological polar surface area (TPSA) is 51.0 Å². The van der Waals surface area contributed by atoms with Crippen molar-refractivity contribution in [3.8, 4) is 0 Å². The Hall–Kier alpha value is -1.68. The minimum absolute atomic E-state index is 0.434. The van der Waals surface area contributed by atoms with E-state index in [0.717, 1.165) is 37.6 Å². The van der Waals surface area contributed by atoms with Crippen LogP contribution >= 0.6 is 0 Å². The van der Waals surface area contributed by atoms with Crippen LogP contribution in [-0.4, -0.2) is 23.2 Å². The molecular formula is C16H19N3O. The highest BCUT2D eigenvalue weighted by Crippen LogP contribution is 2.62. The Morgan fingerprint density at radius 2 is 2.15 bits per heavy atom. The van der Waals surface area contributed by atoms with Gasteiger partial charge in [-0.05, 0) is 36.8 Å².